The molecule has 0 aromatic heterocycles. The van der Waals surface area contributed by atoms with Gasteiger partial charge in [-0.1, -0.05) is 6.92 Å². The molecule has 7 heteroatoms. The van der Waals surface area contributed by atoms with Gasteiger partial charge in [0.25, 0.3) is 0 Å². The molecule has 0 bridgehead atoms. The van der Waals surface area contributed by atoms with Gasteiger partial charge in [-0.2, -0.15) is 0 Å². The second kappa shape index (κ2) is 11.0. The maximum Gasteiger partial charge on any atom is 0.191 e. The van der Waals surface area contributed by atoms with Crippen LogP contribution >= 0.6 is 0 Å². The van der Waals surface area contributed by atoms with E-state index in [1.165, 1.54) is 12.1 Å². The number of halogens is 1. The molecule has 0 amide bonds. The average Bonchev–Trinajstić information content (AvgIpc) is 2.67. The van der Waals surface area contributed by atoms with Crippen molar-refractivity contribution >= 4 is 5.96 Å². The molecule has 0 spiro atoms. The van der Waals surface area contributed by atoms with E-state index in [2.05, 4.69) is 32.3 Å². The van der Waals surface area contributed by atoms with Crippen molar-refractivity contribution in [2.24, 2.45) is 4.99 Å². The summed E-state index contributed by atoms with van der Waals surface area (Å²) < 4.78 is 18.7. The van der Waals surface area contributed by atoms with E-state index in [-0.39, 0.29) is 11.9 Å². The number of guanidine groups is 1. The van der Waals surface area contributed by atoms with Gasteiger partial charge in [-0.15, -0.1) is 0 Å². The fourth-order valence-electron chi connectivity index (χ4n) is 2.91. The first kappa shape index (κ1) is 20.5. The third kappa shape index (κ3) is 7.17. The van der Waals surface area contributed by atoms with Crippen molar-refractivity contribution in [3.63, 3.8) is 0 Å². The highest BCUT2D eigenvalue weighted by atomic mass is 19.1. The van der Waals surface area contributed by atoms with E-state index in [0.717, 1.165) is 51.8 Å². The molecular weight excluding hydrogens is 333 g/mol. The third-order valence-corrected chi connectivity index (χ3v) is 4.56. The summed E-state index contributed by atoms with van der Waals surface area (Å²) in [6.45, 7) is 12.4. The molecule has 0 aliphatic carbocycles. The van der Waals surface area contributed by atoms with Gasteiger partial charge in [0.05, 0.1) is 6.54 Å². The van der Waals surface area contributed by atoms with Gasteiger partial charge in [-0.25, -0.2) is 4.39 Å². The number of ether oxygens (including phenoxy) is 1. The van der Waals surface area contributed by atoms with E-state index in [9.17, 15) is 4.39 Å². The highest BCUT2D eigenvalue weighted by molar-refractivity contribution is 5.79. The average molecular weight is 365 g/mol. The van der Waals surface area contributed by atoms with Crippen molar-refractivity contribution in [3.05, 3.63) is 30.1 Å². The Hall–Kier alpha value is -1.86. The monoisotopic (exact) mass is 365 g/mol. The quantitative estimate of drug-likeness (QED) is 0.539. The zero-order valence-electron chi connectivity index (χ0n) is 16.2. The van der Waals surface area contributed by atoms with Gasteiger partial charge < -0.3 is 20.3 Å². The highest BCUT2D eigenvalue weighted by Gasteiger charge is 2.14. The van der Waals surface area contributed by atoms with Crippen LogP contribution in [0.15, 0.2) is 29.3 Å². The number of hydrogen-bond acceptors (Lipinski definition) is 4. The van der Waals surface area contributed by atoms with Crippen molar-refractivity contribution < 1.29 is 9.13 Å². The summed E-state index contributed by atoms with van der Waals surface area (Å²) in [5, 5.41) is 6.61. The highest BCUT2D eigenvalue weighted by Crippen LogP contribution is 2.12. The minimum absolute atomic E-state index is 0.0545. The summed E-state index contributed by atoms with van der Waals surface area (Å²) in [7, 11) is 1.76. The van der Waals surface area contributed by atoms with Crippen LogP contribution in [-0.4, -0.2) is 81.3 Å². The molecular formula is C19H32FN5O. The Labute approximate surface area is 156 Å². The molecule has 1 unspecified atom stereocenters. The summed E-state index contributed by atoms with van der Waals surface area (Å²) in [5.74, 6) is 1.17. The zero-order chi connectivity index (χ0) is 18.8. The molecule has 1 fully saturated rings. The molecule has 2 N–H and O–H groups in total. The largest absolute Gasteiger partial charge is 0.489 e. The Morgan fingerprint density at radius 2 is 1.81 bits per heavy atom. The van der Waals surface area contributed by atoms with Crippen LogP contribution < -0.4 is 15.4 Å². The molecule has 1 aliphatic heterocycles. The number of nitrogens with one attached hydrogen (secondary N) is 2. The molecule has 0 radical (unpaired) electrons. The van der Waals surface area contributed by atoms with Crippen molar-refractivity contribution in [1.29, 1.82) is 0 Å². The minimum atomic E-state index is -0.260. The van der Waals surface area contributed by atoms with Crippen LogP contribution in [0.1, 0.15) is 13.8 Å². The van der Waals surface area contributed by atoms with E-state index >= 15 is 0 Å². The van der Waals surface area contributed by atoms with Crippen LogP contribution in [0.2, 0.25) is 0 Å². The van der Waals surface area contributed by atoms with Crippen molar-refractivity contribution in [1.82, 2.24) is 20.4 Å². The number of nitrogens with zero attached hydrogens (tertiary/aromatic N) is 3. The summed E-state index contributed by atoms with van der Waals surface area (Å²) in [6, 6.07) is 6.07. The van der Waals surface area contributed by atoms with Crippen LogP contribution in [-0.2, 0) is 0 Å². The predicted octanol–water partition coefficient (Wildman–Crippen LogP) is 1.40. The van der Waals surface area contributed by atoms with E-state index in [0.29, 0.717) is 12.3 Å². The first-order chi connectivity index (χ1) is 12.6. The van der Waals surface area contributed by atoms with Crippen molar-refractivity contribution in [2.45, 2.75) is 20.0 Å². The summed E-state index contributed by atoms with van der Waals surface area (Å²) in [5.41, 5.74) is 0. The maximum atomic E-state index is 12.9. The molecule has 1 aliphatic rings. The fourth-order valence-corrected chi connectivity index (χ4v) is 2.91. The van der Waals surface area contributed by atoms with Crippen LogP contribution in [0.25, 0.3) is 0 Å². The SMILES string of the molecule is CCN1CCN(CCNC(=NC)NCC(C)Oc2ccc(F)cc2)CC1. The number of benzene rings is 1. The zero-order valence-corrected chi connectivity index (χ0v) is 16.2. The summed E-state index contributed by atoms with van der Waals surface area (Å²) >= 11 is 0. The molecule has 1 aromatic rings. The topological polar surface area (TPSA) is 52.1 Å². The second-order valence-electron chi connectivity index (χ2n) is 6.54. The Balaban J connectivity index is 1.62. The molecule has 1 atom stereocenters. The minimum Gasteiger partial charge on any atom is -0.489 e. The molecule has 1 aromatic carbocycles. The van der Waals surface area contributed by atoms with Crippen LogP contribution in [0.5, 0.6) is 5.75 Å². The first-order valence-corrected chi connectivity index (χ1v) is 9.42. The summed E-state index contributed by atoms with van der Waals surface area (Å²) in [4.78, 5) is 9.21. The lowest BCUT2D eigenvalue weighted by Gasteiger charge is -2.34. The molecule has 1 heterocycles. The van der Waals surface area contributed by atoms with Crippen LogP contribution in [0.4, 0.5) is 4.39 Å². The molecule has 146 valence electrons. The van der Waals surface area contributed by atoms with E-state index < -0.39 is 0 Å². The molecule has 2 rings (SSSR count). The Kier molecular flexibility index (Phi) is 8.64. The van der Waals surface area contributed by atoms with Gasteiger partial charge in [0.1, 0.15) is 17.7 Å². The van der Waals surface area contributed by atoms with Crippen molar-refractivity contribution in [3.8, 4) is 5.75 Å². The van der Waals surface area contributed by atoms with Gasteiger partial charge >= 0.3 is 0 Å². The van der Waals surface area contributed by atoms with Gasteiger partial charge in [-0.05, 0) is 37.7 Å². The smallest absolute Gasteiger partial charge is 0.191 e. The molecule has 6 nitrogen and oxygen atoms in total. The number of piperazine rings is 1. The number of likely N-dealkylation sites (N-methyl/N-ethyl adjacent to an activating group) is 1. The lowest BCUT2D eigenvalue weighted by atomic mass is 10.3. The molecule has 0 saturated carbocycles. The van der Waals surface area contributed by atoms with E-state index in [4.69, 9.17) is 4.74 Å². The normalized spacial score (nSPS) is 17.8. The third-order valence-electron chi connectivity index (χ3n) is 4.56. The lowest BCUT2D eigenvalue weighted by molar-refractivity contribution is 0.139. The fraction of sp³-hybridized carbons (Fsp3) is 0.632. The van der Waals surface area contributed by atoms with E-state index in [1.54, 1.807) is 19.2 Å². The Morgan fingerprint density at radius 3 is 2.42 bits per heavy atom. The van der Waals surface area contributed by atoms with Crippen LogP contribution in [0, 0.1) is 5.82 Å². The second-order valence-corrected chi connectivity index (χ2v) is 6.54. The van der Waals surface area contributed by atoms with Crippen molar-refractivity contribution in [2.75, 3.05) is 59.4 Å². The first-order valence-electron chi connectivity index (χ1n) is 9.42. The Bertz CT molecular complexity index is 543. The number of aliphatic imine (C=N–C) groups is 1. The predicted molar refractivity (Wildman–Crippen MR) is 104 cm³/mol. The number of hydrogen-bond donors (Lipinski definition) is 2. The lowest BCUT2D eigenvalue weighted by Crippen LogP contribution is -2.49. The van der Waals surface area contributed by atoms with Gasteiger partial charge in [-0.3, -0.25) is 9.89 Å². The van der Waals surface area contributed by atoms with Gasteiger partial charge in [0, 0.05) is 46.3 Å². The maximum absolute atomic E-state index is 12.9. The Morgan fingerprint density at radius 1 is 1.15 bits per heavy atom. The molecule has 26 heavy (non-hydrogen) atoms. The molecule has 1 saturated heterocycles. The number of rotatable bonds is 8. The van der Waals surface area contributed by atoms with Crippen LogP contribution in [0.3, 0.4) is 0 Å². The summed E-state index contributed by atoms with van der Waals surface area (Å²) in [6.07, 6.45) is -0.0545. The van der Waals surface area contributed by atoms with Gasteiger partial charge in [0.2, 0.25) is 0 Å². The van der Waals surface area contributed by atoms with Gasteiger partial charge in [0.15, 0.2) is 5.96 Å². The standard InChI is InChI=1S/C19H32FN5O/c1-4-24-11-13-25(14-12-24)10-9-22-19(21-3)23-15-16(2)26-18-7-5-17(20)6-8-18/h5-8,16H,4,9-15H2,1-3H3,(H2,21,22,23). The van der Waals surface area contributed by atoms with E-state index in [1.807, 2.05) is 6.92 Å².